The SMILES string of the molecule is C=CCN1CCCN(c2c(C)cccc2Cl)C1=S. The summed E-state index contributed by atoms with van der Waals surface area (Å²) in [6, 6.07) is 5.95. The molecule has 0 aliphatic carbocycles. The largest absolute Gasteiger partial charge is 0.345 e. The average Bonchev–Trinajstić information content (AvgIpc) is 2.33. The van der Waals surface area contributed by atoms with Gasteiger partial charge in [0.15, 0.2) is 5.11 Å². The van der Waals surface area contributed by atoms with E-state index < -0.39 is 0 Å². The molecule has 0 saturated carbocycles. The van der Waals surface area contributed by atoms with Crippen molar-refractivity contribution in [3.8, 4) is 0 Å². The molecule has 1 heterocycles. The van der Waals surface area contributed by atoms with Crippen molar-refractivity contribution in [3.05, 3.63) is 41.4 Å². The van der Waals surface area contributed by atoms with Crippen molar-refractivity contribution in [2.24, 2.45) is 0 Å². The lowest BCUT2D eigenvalue weighted by Gasteiger charge is -2.39. The topological polar surface area (TPSA) is 6.48 Å². The highest BCUT2D eigenvalue weighted by molar-refractivity contribution is 7.80. The Bertz CT molecular complexity index is 453. The monoisotopic (exact) mass is 280 g/mol. The molecule has 1 aliphatic heterocycles. The Morgan fingerprint density at radius 3 is 2.89 bits per heavy atom. The van der Waals surface area contributed by atoms with E-state index in [1.54, 1.807) is 0 Å². The molecule has 96 valence electrons. The molecule has 0 atom stereocenters. The number of rotatable bonds is 3. The van der Waals surface area contributed by atoms with Crippen molar-refractivity contribution in [1.82, 2.24) is 4.90 Å². The minimum Gasteiger partial charge on any atom is -0.345 e. The minimum absolute atomic E-state index is 0.762. The van der Waals surface area contributed by atoms with E-state index in [1.807, 2.05) is 18.2 Å². The second-order valence-corrected chi connectivity index (χ2v) is 5.20. The van der Waals surface area contributed by atoms with Crippen LogP contribution >= 0.6 is 23.8 Å². The zero-order valence-corrected chi connectivity index (χ0v) is 12.1. The normalized spacial score (nSPS) is 16.0. The van der Waals surface area contributed by atoms with Crippen molar-refractivity contribution >= 4 is 34.6 Å². The molecule has 0 unspecified atom stereocenters. The van der Waals surface area contributed by atoms with Crippen LogP contribution in [0.25, 0.3) is 0 Å². The van der Waals surface area contributed by atoms with Gasteiger partial charge >= 0.3 is 0 Å². The number of thiocarbonyl (C=S) groups is 1. The summed E-state index contributed by atoms with van der Waals surface area (Å²) in [5, 5.41) is 1.61. The van der Waals surface area contributed by atoms with Crippen LogP contribution in [-0.4, -0.2) is 29.6 Å². The van der Waals surface area contributed by atoms with Crippen LogP contribution in [0.2, 0.25) is 5.02 Å². The van der Waals surface area contributed by atoms with Gasteiger partial charge in [-0.1, -0.05) is 29.8 Å². The fourth-order valence-corrected chi connectivity index (χ4v) is 2.95. The molecular weight excluding hydrogens is 264 g/mol. The number of hydrogen-bond acceptors (Lipinski definition) is 1. The van der Waals surface area contributed by atoms with Crippen molar-refractivity contribution in [1.29, 1.82) is 0 Å². The Hall–Kier alpha value is -1.06. The van der Waals surface area contributed by atoms with Gasteiger partial charge in [-0.3, -0.25) is 0 Å². The van der Waals surface area contributed by atoms with Gasteiger partial charge < -0.3 is 9.80 Å². The molecule has 1 aromatic carbocycles. The van der Waals surface area contributed by atoms with Gasteiger partial charge in [0, 0.05) is 19.6 Å². The fourth-order valence-electron chi connectivity index (χ4n) is 2.28. The fraction of sp³-hybridized carbons (Fsp3) is 0.357. The molecule has 1 aromatic rings. The van der Waals surface area contributed by atoms with Gasteiger partial charge in [-0.15, -0.1) is 6.58 Å². The summed E-state index contributed by atoms with van der Waals surface area (Å²) in [6.45, 7) is 8.55. The summed E-state index contributed by atoms with van der Waals surface area (Å²) < 4.78 is 0. The molecule has 2 nitrogen and oxygen atoms in total. The van der Waals surface area contributed by atoms with Crippen LogP contribution in [0.1, 0.15) is 12.0 Å². The Labute approximate surface area is 119 Å². The molecule has 0 bridgehead atoms. The molecule has 0 aromatic heterocycles. The zero-order chi connectivity index (χ0) is 13.1. The van der Waals surface area contributed by atoms with Crippen LogP contribution in [0.15, 0.2) is 30.9 Å². The summed E-state index contributed by atoms with van der Waals surface area (Å²) in [6.07, 6.45) is 2.97. The van der Waals surface area contributed by atoms with E-state index in [2.05, 4.69) is 29.4 Å². The molecule has 0 amide bonds. The average molecular weight is 281 g/mol. The highest BCUT2D eigenvalue weighted by Gasteiger charge is 2.24. The Morgan fingerprint density at radius 2 is 2.22 bits per heavy atom. The van der Waals surface area contributed by atoms with Gasteiger partial charge in [0.25, 0.3) is 0 Å². The first-order valence-electron chi connectivity index (χ1n) is 6.07. The predicted octanol–water partition coefficient (Wildman–Crippen LogP) is 3.63. The van der Waals surface area contributed by atoms with Crippen LogP contribution in [-0.2, 0) is 0 Å². The lowest BCUT2D eigenvalue weighted by molar-refractivity contribution is 0.425. The number of aryl methyl sites for hydroxylation is 1. The van der Waals surface area contributed by atoms with E-state index in [-0.39, 0.29) is 0 Å². The Kier molecular flexibility index (Phi) is 4.25. The minimum atomic E-state index is 0.762. The number of anilines is 1. The second kappa shape index (κ2) is 5.72. The standard InChI is InChI=1S/C14H17ClN2S/c1-3-8-16-9-5-10-17(14(16)18)13-11(2)6-4-7-12(13)15/h3-4,6-7H,1,5,8-10H2,2H3. The number of benzene rings is 1. The van der Waals surface area contributed by atoms with Crippen LogP contribution < -0.4 is 4.90 Å². The summed E-state index contributed by atoms with van der Waals surface area (Å²) in [5.41, 5.74) is 2.20. The predicted molar refractivity (Wildman–Crippen MR) is 82.5 cm³/mol. The molecule has 0 radical (unpaired) electrons. The smallest absolute Gasteiger partial charge is 0.176 e. The van der Waals surface area contributed by atoms with E-state index in [9.17, 15) is 0 Å². The van der Waals surface area contributed by atoms with Crippen molar-refractivity contribution in [2.45, 2.75) is 13.3 Å². The highest BCUT2D eigenvalue weighted by atomic mass is 35.5. The maximum absolute atomic E-state index is 6.31. The number of nitrogens with zero attached hydrogens (tertiary/aromatic N) is 2. The third kappa shape index (κ3) is 2.52. The molecule has 0 spiro atoms. The van der Waals surface area contributed by atoms with Gasteiger partial charge in [-0.25, -0.2) is 0 Å². The third-order valence-corrected chi connectivity index (χ3v) is 3.90. The van der Waals surface area contributed by atoms with Gasteiger partial charge in [0.2, 0.25) is 0 Å². The molecular formula is C14H17ClN2S. The molecule has 2 rings (SSSR count). The first-order chi connectivity index (χ1) is 8.65. The molecule has 1 saturated heterocycles. The maximum atomic E-state index is 6.31. The molecule has 4 heteroatoms. The summed E-state index contributed by atoms with van der Waals surface area (Å²) in [5.74, 6) is 0. The van der Waals surface area contributed by atoms with E-state index >= 15 is 0 Å². The van der Waals surface area contributed by atoms with Crippen molar-refractivity contribution in [2.75, 3.05) is 24.5 Å². The molecule has 18 heavy (non-hydrogen) atoms. The quantitative estimate of drug-likeness (QED) is 0.617. The first-order valence-corrected chi connectivity index (χ1v) is 6.86. The summed E-state index contributed by atoms with van der Waals surface area (Å²) in [4.78, 5) is 4.30. The van der Waals surface area contributed by atoms with Gasteiger partial charge in [0.1, 0.15) is 0 Å². The van der Waals surface area contributed by atoms with Gasteiger partial charge in [-0.2, -0.15) is 0 Å². The second-order valence-electron chi connectivity index (χ2n) is 4.43. The molecule has 0 N–H and O–H groups in total. The number of hydrogen-bond donors (Lipinski definition) is 0. The lowest BCUT2D eigenvalue weighted by Crippen LogP contribution is -2.49. The van der Waals surface area contributed by atoms with Crippen molar-refractivity contribution < 1.29 is 0 Å². The Balaban J connectivity index is 2.32. The van der Waals surface area contributed by atoms with Crippen LogP contribution in [0.4, 0.5) is 5.69 Å². The van der Waals surface area contributed by atoms with Crippen LogP contribution in [0, 0.1) is 6.92 Å². The Morgan fingerprint density at radius 1 is 1.44 bits per heavy atom. The van der Waals surface area contributed by atoms with E-state index in [4.69, 9.17) is 23.8 Å². The van der Waals surface area contributed by atoms with Crippen LogP contribution in [0.3, 0.4) is 0 Å². The lowest BCUT2D eigenvalue weighted by atomic mass is 10.1. The van der Waals surface area contributed by atoms with E-state index in [0.717, 1.165) is 47.4 Å². The maximum Gasteiger partial charge on any atom is 0.176 e. The third-order valence-electron chi connectivity index (χ3n) is 3.12. The zero-order valence-electron chi connectivity index (χ0n) is 10.5. The van der Waals surface area contributed by atoms with E-state index in [1.165, 1.54) is 0 Å². The molecule has 1 aliphatic rings. The van der Waals surface area contributed by atoms with Gasteiger partial charge in [-0.05, 0) is 37.2 Å². The van der Waals surface area contributed by atoms with Crippen LogP contribution in [0.5, 0.6) is 0 Å². The summed E-state index contributed by atoms with van der Waals surface area (Å²) in [7, 11) is 0. The molecule has 1 fully saturated rings. The highest BCUT2D eigenvalue weighted by Crippen LogP contribution is 2.31. The van der Waals surface area contributed by atoms with E-state index in [0.29, 0.717) is 0 Å². The van der Waals surface area contributed by atoms with Crippen molar-refractivity contribution in [3.63, 3.8) is 0 Å². The summed E-state index contributed by atoms with van der Waals surface area (Å²) >= 11 is 11.9. The number of halogens is 1. The number of para-hydroxylation sites is 1. The van der Waals surface area contributed by atoms with Gasteiger partial charge in [0.05, 0.1) is 10.7 Å². The first kappa shape index (κ1) is 13.4.